The van der Waals surface area contributed by atoms with E-state index in [2.05, 4.69) is 116 Å². The second-order valence-electron chi connectivity index (χ2n) is 14.1. The molecule has 5 aromatic carbocycles. The topological polar surface area (TPSA) is 63.0 Å². The van der Waals surface area contributed by atoms with Crippen LogP contribution in [0.1, 0.15) is 77.8 Å². The Bertz CT molecular complexity index is 2450. The van der Waals surface area contributed by atoms with Crippen LogP contribution < -0.4 is 16.4 Å². The van der Waals surface area contributed by atoms with Crippen LogP contribution in [0.5, 0.6) is 0 Å². The third-order valence-corrected chi connectivity index (χ3v) is 10.3. The zero-order chi connectivity index (χ0) is 34.7. The van der Waals surface area contributed by atoms with Gasteiger partial charge in [-0.05, 0) is 144 Å². The highest BCUT2D eigenvalue weighted by molar-refractivity contribution is 7.59. The smallest absolute Gasteiger partial charge is 0.135 e. The fraction of sp³-hybridized carbons (Fsp3) is 0.188. The van der Waals surface area contributed by atoms with E-state index in [1.807, 2.05) is 30.3 Å². The number of fused-ring (bicyclic) bond motifs is 3. The molecule has 3 aliphatic rings. The molecule has 0 amide bonds. The van der Waals surface area contributed by atoms with Gasteiger partial charge in [-0.25, -0.2) is 0 Å². The molecule has 52 heavy (non-hydrogen) atoms. The maximum atomic E-state index is 7.75. The number of amidine groups is 1. The molecule has 4 heteroatoms. The highest BCUT2D eigenvalue weighted by atomic mass is 32.1. The Hall–Kier alpha value is -5.32. The van der Waals surface area contributed by atoms with E-state index in [9.17, 15) is 0 Å². The lowest BCUT2D eigenvalue weighted by molar-refractivity contribution is 0.571. The summed E-state index contributed by atoms with van der Waals surface area (Å²) in [4.78, 5) is 0. The van der Waals surface area contributed by atoms with E-state index in [1.165, 1.54) is 62.4 Å². The third kappa shape index (κ3) is 7.63. The van der Waals surface area contributed by atoms with Gasteiger partial charge in [0, 0.05) is 16.2 Å². The number of aryl methyl sites for hydroxylation is 1. The number of nitrogen functional groups attached to an aromatic ring is 1. The van der Waals surface area contributed by atoms with Crippen LogP contribution in [0.3, 0.4) is 0 Å². The average Bonchev–Trinajstić information content (AvgIpc) is 3.96. The normalized spacial score (nSPS) is 14.5. The number of benzene rings is 5. The minimum absolute atomic E-state index is 0. The van der Waals surface area contributed by atoms with Gasteiger partial charge in [-0.15, -0.1) is 0 Å². The second kappa shape index (κ2) is 15.5. The molecule has 260 valence electrons. The summed E-state index contributed by atoms with van der Waals surface area (Å²) in [6, 6.07) is 39.0. The van der Waals surface area contributed by atoms with E-state index >= 15 is 0 Å². The largest absolute Gasteiger partial charge is 0.456 e. The zero-order valence-electron chi connectivity index (χ0n) is 29.8. The van der Waals surface area contributed by atoms with E-state index in [1.54, 1.807) is 0 Å². The summed E-state index contributed by atoms with van der Waals surface area (Å²) in [5, 5.41) is 10.3. The molecule has 0 spiro atoms. The van der Waals surface area contributed by atoms with Crippen molar-refractivity contribution >= 4 is 48.0 Å². The minimum atomic E-state index is 0. The maximum Gasteiger partial charge on any atom is 0.135 e. The van der Waals surface area contributed by atoms with Crippen LogP contribution in [0.4, 0.5) is 0 Å². The van der Waals surface area contributed by atoms with Crippen molar-refractivity contribution in [3.63, 3.8) is 0 Å². The van der Waals surface area contributed by atoms with Crippen molar-refractivity contribution in [3.8, 4) is 22.3 Å². The van der Waals surface area contributed by atoms with Gasteiger partial charge in [-0.2, -0.15) is 13.5 Å². The molecule has 3 N–H and O–H groups in total. The van der Waals surface area contributed by atoms with Crippen molar-refractivity contribution in [2.75, 3.05) is 0 Å². The molecular formula is C48H46N2OS. The molecule has 0 unspecified atom stereocenters. The Morgan fingerprint density at radius 3 is 2.21 bits per heavy atom. The van der Waals surface area contributed by atoms with Crippen LogP contribution in [-0.4, -0.2) is 5.84 Å². The molecule has 1 fully saturated rings. The average molecular weight is 699 g/mol. The fourth-order valence-electron chi connectivity index (χ4n) is 7.53. The first-order chi connectivity index (χ1) is 25.0. The Morgan fingerprint density at radius 1 is 0.712 bits per heavy atom. The molecule has 1 aromatic heterocycles. The van der Waals surface area contributed by atoms with Gasteiger partial charge in [0.25, 0.3) is 0 Å². The summed E-state index contributed by atoms with van der Waals surface area (Å²) in [6.45, 7) is 2.25. The highest BCUT2D eigenvalue weighted by Gasteiger charge is 2.26. The Balaban J connectivity index is 0.000000169. The molecule has 6 aromatic rings. The Labute approximate surface area is 313 Å². The summed E-state index contributed by atoms with van der Waals surface area (Å²) >= 11 is 0. The zero-order valence-corrected chi connectivity index (χ0v) is 30.8. The highest BCUT2D eigenvalue weighted by Crippen LogP contribution is 2.45. The van der Waals surface area contributed by atoms with E-state index in [0.717, 1.165) is 71.3 Å². The second-order valence-corrected chi connectivity index (χ2v) is 14.1. The van der Waals surface area contributed by atoms with Gasteiger partial charge in [0.05, 0.1) is 0 Å². The molecule has 0 aliphatic heterocycles. The molecule has 1 heterocycles. The van der Waals surface area contributed by atoms with Crippen molar-refractivity contribution in [2.24, 2.45) is 5.73 Å². The molecule has 3 aliphatic carbocycles. The summed E-state index contributed by atoms with van der Waals surface area (Å²) < 4.78 is 6.12. The van der Waals surface area contributed by atoms with Crippen molar-refractivity contribution in [1.29, 1.82) is 5.41 Å². The van der Waals surface area contributed by atoms with Crippen LogP contribution in [0.2, 0.25) is 0 Å². The summed E-state index contributed by atoms with van der Waals surface area (Å²) in [5.41, 5.74) is 21.4. The molecule has 9 rings (SSSR count). The molecule has 0 atom stereocenters. The van der Waals surface area contributed by atoms with Crippen LogP contribution in [0, 0.1) is 12.3 Å². The van der Waals surface area contributed by atoms with Gasteiger partial charge in [0.2, 0.25) is 0 Å². The number of hydrogen-bond donors (Lipinski definition) is 2. The first kappa shape index (κ1) is 35.1. The van der Waals surface area contributed by atoms with Crippen LogP contribution in [0.25, 0.3) is 50.9 Å². The fourth-order valence-corrected chi connectivity index (χ4v) is 7.53. The van der Waals surface area contributed by atoms with Crippen molar-refractivity contribution in [1.82, 2.24) is 0 Å². The van der Waals surface area contributed by atoms with Crippen molar-refractivity contribution in [2.45, 2.75) is 57.8 Å². The first-order valence-corrected chi connectivity index (χ1v) is 18.3. The van der Waals surface area contributed by atoms with E-state index in [-0.39, 0.29) is 19.3 Å². The number of furan rings is 1. The lowest BCUT2D eigenvalue weighted by Crippen LogP contribution is -2.21. The number of rotatable bonds is 7. The molecule has 0 saturated heterocycles. The molecule has 0 radical (unpaired) electrons. The van der Waals surface area contributed by atoms with Crippen LogP contribution >= 0.6 is 13.5 Å². The van der Waals surface area contributed by atoms with Gasteiger partial charge in [-0.3, -0.25) is 5.41 Å². The predicted octanol–water partition coefficient (Wildman–Crippen LogP) is 10.7. The van der Waals surface area contributed by atoms with Gasteiger partial charge < -0.3 is 10.2 Å². The predicted molar refractivity (Wildman–Crippen MR) is 225 cm³/mol. The quantitative estimate of drug-likeness (QED) is 0.129. The van der Waals surface area contributed by atoms with Crippen molar-refractivity contribution in [3.05, 3.63) is 171 Å². The number of nitrogens with two attached hydrogens (primary N) is 1. The van der Waals surface area contributed by atoms with E-state index in [4.69, 9.17) is 15.6 Å². The number of nitrogens with one attached hydrogen (secondary N) is 1. The lowest BCUT2D eigenvalue weighted by Gasteiger charge is -2.13. The number of hydrogen-bond acceptors (Lipinski definition) is 2. The van der Waals surface area contributed by atoms with Crippen molar-refractivity contribution < 1.29 is 4.42 Å². The molecule has 3 nitrogen and oxygen atoms in total. The van der Waals surface area contributed by atoms with E-state index in [0.29, 0.717) is 0 Å². The standard InChI is InChI=1S/C29H26O.C19H18N2.H2S/c1-19-16-20(10-14-23(19)25-7-3-2-6-24(25)22-12-13-22)17-21-11-15-27-26-8-4-5-9-28(26)30-29(27)18-21;20-19(21)18-12-16(14-7-3-1-4-8-14)11-17(13-18)15-9-5-2-6-10-15;/h2-3,6-11,14-16,18,22H,4-5,12-13,17H2,1H3;1,3-5,7-13H,2,6H2,(H3,20,21);1H2. The van der Waals surface area contributed by atoms with Gasteiger partial charge in [0.1, 0.15) is 16.8 Å². The lowest BCUT2D eigenvalue weighted by atomic mass is 9.91. The molecule has 1 saturated carbocycles. The first-order valence-electron chi connectivity index (χ1n) is 18.3. The monoisotopic (exact) mass is 698 g/mol. The van der Waals surface area contributed by atoms with E-state index < -0.39 is 0 Å². The van der Waals surface area contributed by atoms with Crippen LogP contribution in [-0.2, 0) is 6.42 Å². The molecule has 0 bridgehead atoms. The third-order valence-electron chi connectivity index (χ3n) is 10.3. The summed E-state index contributed by atoms with van der Waals surface area (Å²) in [6.07, 6.45) is 19.1. The maximum absolute atomic E-state index is 7.75. The minimum Gasteiger partial charge on any atom is -0.456 e. The summed E-state index contributed by atoms with van der Waals surface area (Å²) in [7, 11) is 0. The van der Waals surface area contributed by atoms with Gasteiger partial charge >= 0.3 is 0 Å². The number of allylic oxidation sites excluding steroid dienone is 4. The Kier molecular flexibility index (Phi) is 10.5. The summed E-state index contributed by atoms with van der Waals surface area (Å²) in [5.74, 6) is 0.870. The SMILES string of the molecule is Cc1cc(Cc2ccc3c4c(oc3c2)=CCCC=4)ccc1-c1ccccc1C1CC1.N=C(N)c1cc(C2=CCCC=C2)cc(-c2ccccc2)c1.S. The molecular weight excluding hydrogens is 653 g/mol. The Morgan fingerprint density at radius 2 is 1.44 bits per heavy atom. The van der Waals surface area contributed by atoms with Gasteiger partial charge in [-0.1, -0.05) is 109 Å². The van der Waals surface area contributed by atoms with Crippen LogP contribution in [0.15, 0.2) is 132 Å². The van der Waals surface area contributed by atoms with Gasteiger partial charge in [0.15, 0.2) is 0 Å².